The molecule has 0 bridgehead atoms. The van der Waals surface area contributed by atoms with E-state index in [2.05, 4.69) is 147 Å². The molecule has 0 heterocycles. The molecule has 0 aromatic heterocycles. The minimum Gasteiger partial charge on any atom is -0.507 e. The van der Waals surface area contributed by atoms with Gasteiger partial charge < -0.3 is 19.7 Å². The molecular formula is C62H78F2O4Si. The van der Waals surface area contributed by atoms with Crippen LogP contribution in [0.25, 0.3) is 44.5 Å². The molecule has 0 unspecified atom stereocenters. The molecule has 0 spiro atoms. The van der Waals surface area contributed by atoms with Crippen molar-refractivity contribution in [2.24, 2.45) is 0 Å². The topological polar surface area (TPSA) is 58.9 Å². The third kappa shape index (κ3) is 11.6. The fourth-order valence-corrected chi connectivity index (χ4v) is 12.8. The highest BCUT2D eigenvalue weighted by Crippen LogP contribution is 2.48. The average Bonchev–Trinajstić information content (AvgIpc) is 3.24. The lowest BCUT2D eigenvalue weighted by Crippen LogP contribution is -2.53. The van der Waals surface area contributed by atoms with Crippen LogP contribution in [0.2, 0.25) is 11.1 Å². The number of aromatic hydroxyl groups is 2. The monoisotopic (exact) mass is 953 g/mol. The van der Waals surface area contributed by atoms with Crippen LogP contribution in [0.5, 0.6) is 23.0 Å². The third-order valence-corrected chi connectivity index (χ3v) is 20.2. The quantitative estimate of drug-likeness (QED) is 0.120. The van der Waals surface area contributed by atoms with Crippen molar-refractivity contribution in [2.75, 3.05) is 12.5 Å². The van der Waals surface area contributed by atoms with Crippen LogP contribution in [-0.2, 0) is 21.7 Å². The van der Waals surface area contributed by atoms with Crippen molar-refractivity contribution in [1.29, 1.82) is 0 Å². The van der Waals surface area contributed by atoms with Crippen LogP contribution < -0.4 is 9.47 Å². The van der Waals surface area contributed by atoms with E-state index in [0.29, 0.717) is 57.3 Å². The van der Waals surface area contributed by atoms with E-state index < -0.39 is 19.7 Å². The van der Waals surface area contributed by atoms with E-state index in [4.69, 9.17) is 9.47 Å². The van der Waals surface area contributed by atoms with E-state index in [1.165, 1.54) is 24.3 Å². The zero-order valence-electron chi connectivity index (χ0n) is 44.8. The molecule has 0 atom stereocenters. The normalized spacial score (nSPS) is 12.8. The molecule has 7 heteroatoms. The van der Waals surface area contributed by atoms with Crippen molar-refractivity contribution in [3.63, 3.8) is 0 Å². The number of phenols is 2. The van der Waals surface area contributed by atoms with E-state index >= 15 is 8.78 Å². The summed E-state index contributed by atoms with van der Waals surface area (Å²) in [5.41, 5.74) is 11.4. The Morgan fingerprint density at radius 3 is 0.986 bits per heavy atom. The minimum absolute atomic E-state index is 0.0597. The Morgan fingerprint density at radius 1 is 0.420 bits per heavy atom. The summed E-state index contributed by atoms with van der Waals surface area (Å²) in [5.74, 6) is 0.170. The van der Waals surface area contributed by atoms with Crippen LogP contribution in [0.3, 0.4) is 0 Å². The summed E-state index contributed by atoms with van der Waals surface area (Å²) < 4.78 is 44.6. The molecule has 0 saturated carbocycles. The number of hydrogen-bond acceptors (Lipinski definition) is 4. The van der Waals surface area contributed by atoms with Crippen LogP contribution in [0, 0.1) is 25.5 Å². The number of ether oxygens (including phenoxy) is 2. The first-order valence-corrected chi connectivity index (χ1v) is 27.2. The summed E-state index contributed by atoms with van der Waals surface area (Å²) in [6, 6.07) is 29.9. The average molecular weight is 953 g/mol. The number of hydrogen-bond donors (Lipinski definition) is 2. The fraction of sp³-hybridized carbons (Fsp3) is 0.419. The van der Waals surface area contributed by atoms with Crippen LogP contribution >= 0.6 is 0 Å². The number of aryl methyl sites for hydroxylation is 2. The number of rotatable bonds is 12. The first-order chi connectivity index (χ1) is 31.8. The lowest BCUT2D eigenvalue weighted by Gasteiger charge is -2.38. The molecular weight excluding hydrogens is 875 g/mol. The fourth-order valence-electron chi connectivity index (χ4n) is 9.18. The minimum atomic E-state index is -2.62. The highest BCUT2D eigenvalue weighted by molar-refractivity contribution is 6.82. The van der Waals surface area contributed by atoms with Crippen LogP contribution in [0.1, 0.15) is 144 Å². The summed E-state index contributed by atoms with van der Waals surface area (Å²) >= 11 is 0. The van der Waals surface area contributed by atoms with Gasteiger partial charge in [0.1, 0.15) is 42.7 Å². The Morgan fingerprint density at radius 2 is 0.710 bits per heavy atom. The lowest BCUT2D eigenvalue weighted by molar-refractivity contribution is 0.334. The largest absolute Gasteiger partial charge is 0.507 e. The molecule has 368 valence electrons. The Balaban J connectivity index is 1.39. The maximum atomic E-state index is 15.4. The van der Waals surface area contributed by atoms with E-state index in [0.717, 1.165) is 44.5 Å². The van der Waals surface area contributed by atoms with Crippen LogP contribution in [-0.4, -0.2) is 30.7 Å². The molecule has 69 heavy (non-hydrogen) atoms. The lowest BCUT2D eigenvalue weighted by atomic mass is 9.78. The number of halogens is 2. The zero-order chi connectivity index (χ0) is 51.3. The first kappa shape index (κ1) is 53.0. The van der Waals surface area contributed by atoms with Gasteiger partial charge in [0.15, 0.2) is 0 Å². The second kappa shape index (κ2) is 19.4. The number of phenolic OH excluding ortho intramolecular Hbond substituents is 2. The van der Waals surface area contributed by atoms with Gasteiger partial charge in [-0.2, -0.15) is 0 Å². The molecule has 0 amide bonds. The molecule has 4 nitrogen and oxygen atoms in total. The predicted molar refractivity (Wildman–Crippen MR) is 289 cm³/mol. The van der Waals surface area contributed by atoms with Gasteiger partial charge in [-0.1, -0.05) is 147 Å². The van der Waals surface area contributed by atoms with Gasteiger partial charge in [-0.15, -0.1) is 0 Å². The predicted octanol–water partition coefficient (Wildman–Crippen LogP) is 17.7. The molecule has 0 saturated heterocycles. The molecule has 0 radical (unpaired) electrons. The van der Waals surface area contributed by atoms with Crippen LogP contribution in [0.15, 0.2) is 97.1 Å². The van der Waals surface area contributed by atoms with Crippen molar-refractivity contribution in [3.8, 4) is 67.5 Å². The Hall–Kier alpha value is -5.40. The summed E-state index contributed by atoms with van der Waals surface area (Å²) in [5, 5.41) is 24.5. The van der Waals surface area contributed by atoms with Gasteiger partial charge in [-0.3, -0.25) is 0 Å². The molecule has 2 N–H and O–H groups in total. The van der Waals surface area contributed by atoms with Gasteiger partial charge in [0, 0.05) is 33.4 Å². The maximum Gasteiger partial charge on any atom is 0.146 e. The first-order valence-electron chi connectivity index (χ1n) is 24.7. The molecule has 0 fully saturated rings. The Bertz CT molecular complexity index is 2590. The summed E-state index contributed by atoms with van der Waals surface area (Å²) in [7, 11) is -2.62. The van der Waals surface area contributed by atoms with Crippen molar-refractivity contribution < 1.29 is 28.5 Å². The Labute approximate surface area is 414 Å². The Kier molecular flexibility index (Phi) is 14.9. The van der Waals surface area contributed by atoms with Crippen molar-refractivity contribution in [1.82, 2.24) is 0 Å². The molecule has 0 aliphatic heterocycles. The summed E-state index contributed by atoms with van der Waals surface area (Å²) in [6.07, 6.45) is 0.666. The van der Waals surface area contributed by atoms with Gasteiger partial charge >= 0.3 is 0 Å². The molecule has 0 aliphatic rings. The second-order valence-corrected chi connectivity index (χ2v) is 29.8. The van der Waals surface area contributed by atoms with Gasteiger partial charge in [0.05, 0.1) is 12.5 Å². The van der Waals surface area contributed by atoms with E-state index in [9.17, 15) is 10.2 Å². The van der Waals surface area contributed by atoms with Crippen molar-refractivity contribution in [2.45, 2.75) is 157 Å². The van der Waals surface area contributed by atoms with Gasteiger partial charge in [-0.25, -0.2) is 8.78 Å². The maximum absolute atomic E-state index is 15.4. The molecule has 6 aromatic rings. The second-order valence-electron chi connectivity index (χ2n) is 24.4. The van der Waals surface area contributed by atoms with Crippen molar-refractivity contribution >= 4 is 8.07 Å². The van der Waals surface area contributed by atoms with Crippen LogP contribution in [0.4, 0.5) is 8.78 Å². The van der Waals surface area contributed by atoms with Gasteiger partial charge in [-0.05, 0) is 152 Å². The standard InChI is InChI=1S/C62H78F2O4Si/c1-37(2)69(38(3)4,35-67-55-21-19-47(63)33-51(55)53-25-39(5)23-49(57(53)65)41-27-43(59(7,8)9)31-44(28-41)60(10,11)12)36-68-56-22-20-48(64)34-52(56)54-26-40(6)24-50(58(54)66)42-29-45(61(13,14)15)32-46(30-42)62(16,17)18/h19-34,37-38,65-66H,35-36H2,1-18H3. The zero-order valence-corrected chi connectivity index (χ0v) is 45.8. The van der Waals surface area contributed by atoms with Gasteiger partial charge in [0.2, 0.25) is 0 Å². The van der Waals surface area contributed by atoms with E-state index in [-0.39, 0.29) is 44.2 Å². The smallest absolute Gasteiger partial charge is 0.146 e. The third-order valence-electron chi connectivity index (χ3n) is 14.2. The van der Waals surface area contributed by atoms with E-state index in [1.807, 2.05) is 38.1 Å². The SMILES string of the molecule is Cc1cc(-c2cc(C(C)(C)C)cc(C(C)(C)C)c2)c(O)c(-c2cc(F)ccc2OC[Si](COc2ccc(F)cc2-c2cc(C)cc(-c3cc(C(C)(C)C)cc(C(C)(C)C)c3)c2O)(C(C)C)C(C)C)c1. The van der Waals surface area contributed by atoms with E-state index in [1.54, 1.807) is 12.1 Å². The van der Waals surface area contributed by atoms with Crippen molar-refractivity contribution in [3.05, 3.63) is 142 Å². The summed E-state index contributed by atoms with van der Waals surface area (Å²) in [4.78, 5) is 0. The molecule has 6 rings (SSSR count). The number of benzene rings is 6. The molecule has 0 aliphatic carbocycles. The van der Waals surface area contributed by atoms with Gasteiger partial charge in [0.25, 0.3) is 0 Å². The highest BCUT2D eigenvalue weighted by Gasteiger charge is 2.43. The highest BCUT2D eigenvalue weighted by atomic mass is 28.3. The molecule has 6 aromatic carbocycles. The summed E-state index contributed by atoms with van der Waals surface area (Å²) in [6.45, 7) is 39.1.